The van der Waals surface area contributed by atoms with Gasteiger partial charge < -0.3 is 25.4 Å². The Labute approximate surface area is 185 Å². The molecular weight excluding hydrogens is 398 g/mol. The number of aromatic hydroxyl groups is 1. The van der Waals surface area contributed by atoms with Crippen LogP contribution in [0.3, 0.4) is 0 Å². The Balaban J connectivity index is 3.25. The van der Waals surface area contributed by atoms with Crippen molar-refractivity contribution in [2.75, 3.05) is 6.54 Å². The van der Waals surface area contributed by atoms with Crippen molar-refractivity contribution in [3.8, 4) is 5.75 Å². The Bertz CT molecular complexity index is 763. The summed E-state index contributed by atoms with van der Waals surface area (Å²) in [5.74, 6) is -0.696. The maximum Gasteiger partial charge on any atom is 0.408 e. The van der Waals surface area contributed by atoms with Crippen LogP contribution < -0.4 is 10.6 Å². The third-order valence-corrected chi connectivity index (χ3v) is 4.37. The average molecular weight is 436 g/mol. The van der Waals surface area contributed by atoms with Crippen molar-refractivity contribution in [2.45, 2.75) is 85.0 Å². The summed E-state index contributed by atoms with van der Waals surface area (Å²) in [5.41, 5.74) is -0.638. The molecule has 8 heteroatoms. The van der Waals surface area contributed by atoms with Gasteiger partial charge in [0.05, 0.1) is 0 Å². The van der Waals surface area contributed by atoms with E-state index in [0.29, 0.717) is 12.0 Å². The topological polar surface area (TPSA) is 108 Å². The molecule has 3 amide bonds. The molecule has 0 aliphatic carbocycles. The van der Waals surface area contributed by atoms with E-state index in [2.05, 4.69) is 10.6 Å². The molecule has 1 aromatic carbocycles. The number of hydrogen-bond donors (Lipinski definition) is 3. The third kappa shape index (κ3) is 8.86. The second-order valence-corrected chi connectivity index (χ2v) is 9.65. The van der Waals surface area contributed by atoms with Gasteiger partial charge >= 0.3 is 6.09 Å². The molecule has 8 nitrogen and oxygen atoms in total. The van der Waals surface area contributed by atoms with E-state index in [1.165, 1.54) is 17.0 Å². The van der Waals surface area contributed by atoms with Crippen LogP contribution in [0.1, 0.15) is 73.4 Å². The lowest BCUT2D eigenvalue weighted by molar-refractivity contribution is -0.143. The van der Waals surface area contributed by atoms with Gasteiger partial charge in [-0.1, -0.05) is 19.1 Å². The average Bonchev–Trinajstić information content (AvgIpc) is 2.61. The molecule has 0 aliphatic heterocycles. The van der Waals surface area contributed by atoms with E-state index in [9.17, 15) is 19.5 Å². The molecule has 1 rings (SSSR count). The lowest BCUT2D eigenvalue weighted by Crippen LogP contribution is -2.53. The molecule has 0 heterocycles. The summed E-state index contributed by atoms with van der Waals surface area (Å²) in [6, 6.07) is 4.98. The van der Waals surface area contributed by atoms with Gasteiger partial charge in [0.1, 0.15) is 23.9 Å². The van der Waals surface area contributed by atoms with Crippen molar-refractivity contribution in [3.05, 3.63) is 29.8 Å². The second-order valence-electron chi connectivity index (χ2n) is 9.65. The van der Waals surface area contributed by atoms with Crippen LogP contribution in [0.15, 0.2) is 24.3 Å². The number of rotatable bonds is 7. The highest BCUT2D eigenvalue weighted by Gasteiger charge is 2.35. The first kappa shape index (κ1) is 26.3. The molecule has 0 spiro atoms. The van der Waals surface area contributed by atoms with Crippen molar-refractivity contribution >= 4 is 17.9 Å². The zero-order chi connectivity index (χ0) is 24.0. The number of benzene rings is 1. The standard InChI is InChI=1S/C23H37N3O5/c1-9-15(2)26(18(28)14-24-21(30)31-23(6,7)8)19(20(29)25-22(3,4)5)16-10-12-17(27)13-11-16/h10-13,15,19,27H,9,14H2,1-8H3,(H,24,30)(H,25,29). The molecule has 2 unspecified atom stereocenters. The largest absolute Gasteiger partial charge is 0.508 e. The summed E-state index contributed by atoms with van der Waals surface area (Å²) in [4.78, 5) is 39.9. The van der Waals surface area contributed by atoms with Crippen molar-refractivity contribution in [1.29, 1.82) is 0 Å². The summed E-state index contributed by atoms with van der Waals surface area (Å²) in [5, 5.41) is 15.1. The summed E-state index contributed by atoms with van der Waals surface area (Å²) in [6.07, 6.45) is -0.0967. The fourth-order valence-corrected chi connectivity index (χ4v) is 2.93. The first-order chi connectivity index (χ1) is 14.1. The van der Waals surface area contributed by atoms with Gasteiger partial charge in [0.25, 0.3) is 0 Å². The summed E-state index contributed by atoms with van der Waals surface area (Å²) in [6.45, 7) is 14.2. The minimum absolute atomic E-state index is 0.0618. The minimum Gasteiger partial charge on any atom is -0.508 e. The number of phenolic OH excluding ortho intramolecular Hbond substituents is 1. The van der Waals surface area contributed by atoms with Crippen LogP contribution in [0, 0.1) is 0 Å². The van der Waals surface area contributed by atoms with Crippen molar-refractivity contribution < 1.29 is 24.2 Å². The quantitative estimate of drug-likeness (QED) is 0.607. The van der Waals surface area contributed by atoms with Crippen LogP contribution in [-0.4, -0.2) is 51.6 Å². The van der Waals surface area contributed by atoms with Gasteiger partial charge in [0.2, 0.25) is 11.8 Å². The molecule has 0 saturated heterocycles. The predicted octanol–water partition coefficient (Wildman–Crippen LogP) is 3.50. The monoisotopic (exact) mass is 435 g/mol. The molecule has 0 fully saturated rings. The van der Waals surface area contributed by atoms with Gasteiger partial charge in [0.15, 0.2) is 0 Å². The lowest BCUT2D eigenvalue weighted by Gasteiger charge is -2.37. The van der Waals surface area contributed by atoms with Crippen LogP contribution in [0.4, 0.5) is 4.79 Å². The van der Waals surface area contributed by atoms with Gasteiger partial charge in [-0.2, -0.15) is 0 Å². The van der Waals surface area contributed by atoms with Crippen LogP contribution in [0.25, 0.3) is 0 Å². The third-order valence-electron chi connectivity index (χ3n) is 4.37. The maximum absolute atomic E-state index is 13.3. The van der Waals surface area contributed by atoms with Gasteiger partial charge in [0, 0.05) is 11.6 Å². The minimum atomic E-state index is -0.928. The van der Waals surface area contributed by atoms with E-state index in [0.717, 1.165) is 0 Å². The number of alkyl carbamates (subject to hydrolysis) is 1. The number of nitrogens with zero attached hydrogens (tertiary/aromatic N) is 1. The highest BCUT2D eigenvalue weighted by atomic mass is 16.6. The molecule has 3 N–H and O–H groups in total. The molecule has 0 saturated carbocycles. The highest BCUT2D eigenvalue weighted by Crippen LogP contribution is 2.27. The number of carbonyl (C=O) groups excluding carboxylic acids is 3. The van der Waals surface area contributed by atoms with E-state index in [1.54, 1.807) is 32.9 Å². The number of nitrogens with one attached hydrogen (secondary N) is 2. The molecule has 0 aliphatic rings. The second kappa shape index (κ2) is 10.5. The molecule has 2 atom stereocenters. The Hall–Kier alpha value is -2.77. The highest BCUT2D eigenvalue weighted by molar-refractivity contribution is 5.91. The Kier molecular flexibility index (Phi) is 8.90. The normalized spacial score (nSPS) is 13.7. The molecule has 0 aromatic heterocycles. The van der Waals surface area contributed by atoms with Crippen molar-refractivity contribution in [3.63, 3.8) is 0 Å². The number of ether oxygens (including phenoxy) is 1. The summed E-state index contributed by atoms with van der Waals surface area (Å²) < 4.78 is 5.20. The number of hydrogen-bond acceptors (Lipinski definition) is 5. The van der Waals surface area contributed by atoms with Crippen LogP contribution in [0.5, 0.6) is 5.75 Å². The number of carbonyl (C=O) groups is 3. The van der Waals surface area contributed by atoms with Crippen LogP contribution in [0.2, 0.25) is 0 Å². The molecule has 31 heavy (non-hydrogen) atoms. The van der Waals surface area contributed by atoms with Gasteiger partial charge in [-0.15, -0.1) is 0 Å². The molecule has 1 aromatic rings. The SMILES string of the molecule is CCC(C)N(C(=O)CNC(=O)OC(C)(C)C)C(C(=O)NC(C)(C)C)c1ccc(O)cc1. The first-order valence-corrected chi connectivity index (χ1v) is 10.5. The zero-order valence-corrected chi connectivity index (χ0v) is 19.9. The Morgan fingerprint density at radius 1 is 1.06 bits per heavy atom. The van der Waals surface area contributed by atoms with Gasteiger partial charge in [-0.3, -0.25) is 9.59 Å². The van der Waals surface area contributed by atoms with Gasteiger partial charge in [-0.05, 0) is 72.6 Å². The van der Waals surface area contributed by atoms with Crippen LogP contribution >= 0.6 is 0 Å². The lowest BCUT2D eigenvalue weighted by atomic mass is 9.99. The molecule has 174 valence electrons. The molecule has 0 radical (unpaired) electrons. The first-order valence-electron chi connectivity index (χ1n) is 10.5. The molecular formula is C23H37N3O5. The van der Waals surface area contributed by atoms with Gasteiger partial charge in [-0.25, -0.2) is 4.79 Å². The predicted molar refractivity (Wildman–Crippen MR) is 120 cm³/mol. The van der Waals surface area contributed by atoms with E-state index in [1.807, 2.05) is 34.6 Å². The van der Waals surface area contributed by atoms with E-state index in [-0.39, 0.29) is 24.2 Å². The summed E-state index contributed by atoms with van der Waals surface area (Å²) >= 11 is 0. The smallest absolute Gasteiger partial charge is 0.408 e. The zero-order valence-electron chi connectivity index (χ0n) is 19.9. The van der Waals surface area contributed by atoms with E-state index < -0.39 is 29.2 Å². The number of phenols is 1. The van der Waals surface area contributed by atoms with E-state index in [4.69, 9.17) is 4.74 Å². The fraction of sp³-hybridized carbons (Fsp3) is 0.609. The van der Waals surface area contributed by atoms with Crippen molar-refractivity contribution in [1.82, 2.24) is 15.5 Å². The molecule has 0 bridgehead atoms. The van der Waals surface area contributed by atoms with Crippen LogP contribution in [-0.2, 0) is 14.3 Å². The fourth-order valence-electron chi connectivity index (χ4n) is 2.93. The van der Waals surface area contributed by atoms with E-state index >= 15 is 0 Å². The summed E-state index contributed by atoms with van der Waals surface area (Å²) in [7, 11) is 0. The Morgan fingerprint density at radius 3 is 2.06 bits per heavy atom. The Morgan fingerprint density at radius 2 is 1.61 bits per heavy atom. The van der Waals surface area contributed by atoms with Crippen molar-refractivity contribution in [2.24, 2.45) is 0 Å². The number of amides is 3. The maximum atomic E-state index is 13.3.